The Labute approximate surface area is 122 Å². The SMILES string of the molecule is CCCNc1ccc(C(=O)Nc2ccc(F)c(C)c2)nn1. The van der Waals surface area contributed by atoms with Crippen molar-refractivity contribution in [2.45, 2.75) is 20.3 Å². The number of nitrogens with one attached hydrogen (secondary N) is 2. The summed E-state index contributed by atoms with van der Waals surface area (Å²) in [7, 11) is 0. The zero-order valence-corrected chi connectivity index (χ0v) is 12.0. The Balaban J connectivity index is 2.04. The zero-order chi connectivity index (χ0) is 15.2. The van der Waals surface area contributed by atoms with Crippen LogP contribution < -0.4 is 10.6 Å². The lowest BCUT2D eigenvalue weighted by molar-refractivity contribution is 0.102. The molecule has 2 N–H and O–H groups in total. The number of nitrogens with zero attached hydrogens (tertiary/aromatic N) is 2. The average molecular weight is 288 g/mol. The summed E-state index contributed by atoms with van der Waals surface area (Å²) in [5.41, 5.74) is 1.20. The van der Waals surface area contributed by atoms with E-state index in [2.05, 4.69) is 20.8 Å². The van der Waals surface area contributed by atoms with Gasteiger partial charge in [-0.2, -0.15) is 0 Å². The Hall–Kier alpha value is -2.50. The van der Waals surface area contributed by atoms with E-state index in [4.69, 9.17) is 0 Å². The van der Waals surface area contributed by atoms with Gasteiger partial charge in [-0.05, 0) is 49.2 Å². The molecule has 2 rings (SSSR count). The van der Waals surface area contributed by atoms with E-state index in [0.29, 0.717) is 17.1 Å². The first-order valence-electron chi connectivity index (χ1n) is 6.75. The van der Waals surface area contributed by atoms with E-state index in [0.717, 1.165) is 13.0 Å². The highest BCUT2D eigenvalue weighted by atomic mass is 19.1. The zero-order valence-electron chi connectivity index (χ0n) is 12.0. The van der Waals surface area contributed by atoms with Crippen molar-refractivity contribution >= 4 is 17.4 Å². The number of amides is 1. The Morgan fingerprint density at radius 3 is 2.67 bits per heavy atom. The molecule has 110 valence electrons. The maximum atomic E-state index is 13.2. The summed E-state index contributed by atoms with van der Waals surface area (Å²) in [6.07, 6.45) is 0.980. The van der Waals surface area contributed by atoms with Gasteiger partial charge in [-0.15, -0.1) is 10.2 Å². The number of rotatable bonds is 5. The van der Waals surface area contributed by atoms with Crippen molar-refractivity contribution in [1.82, 2.24) is 10.2 Å². The molecule has 0 radical (unpaired) electrons. The Bertz CT molecular complexity index is 628. The Kier molecular flexibility index (Phi) is 4.81. The van der Waals surface area contributed by atoms with Crippen molar-refractivity contribution in [3.63, 3.8) is 0 Å². The van der Waals surface area contributed by atoms with Crippen LogP contribution in [0.5, 0.6) is 0 Å². The van der Waals surface area contributed by atoms with Crippen molar-refractivity contribution in [1.29, 1.82) is 0 Å². The van der Waals surface area contributed by atoms with E-state index in [1.807, 2.05) is 6.92 Å². The number of aryl methyl sites for hydroxylation is 1. The summed E-state index contributed by atoms with van der Waals surface area (Å²) >= 11 is 0. The van der Waals surface area contributed by atoms with Crippen molar-refractivity contribution in [3.05, 3.63) is 47.4 Å². The van der Waals surface area contributed by atoms with Gasteiger partial charge in [0.05, 0.1) is 0 Å². The highest BCUT2D eigenvalue weighted by Gasteiger charge is 2.09. The molecule has 1 aromatic heterocycles. The molecule has 0 bridgehead atoms. The number of benzene rings is 1. The van der Waals surface area contributed by atoms with Crippen LogP contribution in [0, 0.1) is 12.7 Å². The maximum Gasteiger partial charge on any atom is 0.276 e. The second kappa shape index (κ2) is 6.78. The van der Waals surface area contributed by atoms with Crippen molar-refractivity contribution in [3.8, 4) is 0 Å². The molecule has 0 fully saturated rings. The van der Waals surface area contributed by atoms with Gasteiger partial charge in [0.1, 0.15) is 11.6 Å². The van der Waals surface area contributed by atoms with Crippen LogP contribution in [0.3, 0.4) is 0 Å². The number of carbonyl (C=O) groups excluding carboxylic acids is 1. The third-order valence-electron chi connectivity index (χ3n) is 2.87. The summed E-state index contributed by atoms with van der Waals surface area (Å²) in [4.78, 5) is 12.0. The van der Waals surface area contributed by atoms with Crippen LogP contribution in [0.15, 0.2) is 30.3 Å². The van der Waals surface area contributed by atoms with Gasteiger partial charge in [0, 0.05) is 12.2 Å². The highest BCUT2D eigenvalue weighted by molar-refractivity contribution is 6.02. The molecule has 1 aromatic carbocycles. The third-order valence-corrected chi connectivity index (χ3v) is 2.87. The predicted octanol–water partition coefficient (Wildman–Crippen LogP) is 3.00. The largest absolute Gasteiger partial charge is 0.369 e. The summed E-state index contributed by atoms with van der Waals surface area (Å²) in [6.45, 7) is 4.49. The van der Waals surface area contributed by atoms with Crippen molar-refractivity contribution in [2.75, 3.05) is 17.2 Å². The third kappa shape index (κ3) is 3.98. The van der Waals surface area contributed by atoms with Crippen molar-refractivity contribution in [2.24, 2.45) is 0 Å². The molecule has 0 aliphatic carbocycles. The van der Waals surface area contributed by atoms with Crippen LogP contribution in [-0.2, 0) is 0 Å². The molecule has 5 nitrogen and oxygen atoms in total. The molecule has 1 amide bonds. The Morgan fingerprint density at radius 2 is 2.05 bits per heavy atom. The fourth-order valence-corrected chi connectivity index (χ4v) is 1.72. The van der Waals surface area contributed by atoms with Crippen LogP contribution in [-0.4, -0.2) is 22.6 Å². The van der Waals surface area contributed by atoms with E-state index < -0.39 is 0 Å². The predicted molar refractivity (Wildman–Crippen MR) is 79.9 cm³/mol. The van der Waals surface area contributed by atoms with E-state index in [1.54, 1.807) is 25.1 Å². The van der Waals surface area contributed by atoms with Gasteiger partial charge in [0.25, 0.3) is 5.91 Å². The minimum atomic E-state index is -0.379. The van der Waals surface area contributed by atoms with E-state index >= 15 is 0 Å². The number of carbonyl (C=O) groups is 1. The normalized spacial score (nSPS) is 10.2. The molecule has 0 saturated heterocycles. The molecule has 0 aliphatic rings. The van der Waals surface area contributed by atoms with Gasteiger partial charge in [0.15, 0.2) is 5.69 Å². The molecule has 1 heterocycles. The summed E-state index contributed by atoms with van der Waals surface area (Å²) in [6, 6.07) is 7.68. The quantitative estimate of drug-likeness (QED) is 0.887. The number of hydrogen-bond acceptors (Lipinski definition) is 4. The monoisotopic (exact) mass is 288 g/mol. The molecule has 0 spiro atoms. The minimum Gasteiger partial charge on any atom is -0.369 e. The number of halogens is 1. The first kappa shape index (κ1) is 14.9. The van der Waals surface area contributed by atoms with E-state index in [9.17, 15) is 9.18 Å². The molecule has 0 aliphatic heterocycles. The summed E-state index contributed by atoms with van der Waals surface area (Å²) in [5.74, 6) is -0.0549. The van der Waals surface area contributed by atoms with Crippen LogP contribution >= 0.6 is 0 Å². The fourth-order valence-electron chi connectivity index (χ4n) is 1.72. The lowest BCUT2D eigenvalue weighted by Crippen LogP contribution is -2.15. The van der Waals surface area contributed by atoms with Gasteiger partial charge in [-0.25, -0.2) is 4.39 Å². The van der Waals surface area contributed by atoms with E-state index in [-0.39, 0.29) is 17.4 Å². The summed E-state index contributed by atoms with van der Waals surface area (Å²) in [5, 5.41) is 13.5. The van der Waals surface area contributed by atoms with Crippen LogP contribution in [0.2, 0.25) is 0 Å². The Morgan fingerprint density at radius 1 is 1.24 bits per heavy atom. The first-order chi connectivity index (χ1) is 10.1. The molecule has 6 heteroatoms. The van der Waals surface area contributed by atoms with Crippen LogP contribution in [0.1, 0.15) is 29.4 Å². The highest BCUT2D eigenvalue weighted by Crippen LogP contribution is 2.14. The molecule has 0 unspecified atom stereocenters. The molecule has 2 aromatic rings. The molecule has 0 atom stereocenters. The smallest absolute Gasteiger partial charge is 0.276 e. The summed E-state index contributed by atoms with van der Waals surface area (Å²) < 4.78 is 13.2. The van der Waals surface area contributed by atoms with Crippen LogP contribution in [0.25, 0.3) is 0 Å². The number of hydrogen-bond donors (Lipinski definition) is 2. The maximum absolute atomic E-state index is 13.2. The minimum absolute atomic E-state index is 0.207. The second-order valence-corrected chi connectivity index (χ2v) is 4.65. The number of anilines is 2. The van der Waals surface area contributed by atoms with Gasteiger partial charge >= 0.3 is 0 Å². The topological polar surface area (TPSA) is 66.9 Å². The lowest BCUT2D eigenvalue weighted by Gasteiger charge is -2.07. The molecular formula is C15H17FN4O. The van der Waals surface area contributed by atoms with Gasteiger partial charge in [-0.3, -0.25) is 4.79 Å². The standard InChI is InChI=1S/C15H17FN4O/c1-3-8-17-14-7-6-13(19-20-14)15(21)18-11-4-5-12(16)10(2)9-11/h4-7,9H,3,8H2,1-2H3,(H,17,20)(H,18,21). The molecular weight excluding hydrogens is 271 g/mol. The lowest BCUT2D eigenvalue weighted by atomic mass is 10.2. The van der Waals surface area contributed by atoms with Crippen LogP contribution in [0.4, 0.5) is 15.9 Å². The average Bonchev–Trinajstić information content (AvgIpc) is 2.49. The van der Waals surface area contributed by atoms with Gasteiger partial charge < -0.3 is 10.6 Å². The number of aromatic nitrogens is 2. The first-order valence-corrected chi connectivity index (χ1v) is 6.75. The van der Waals surface area contributed by atoms with Crippen molar-refractivity contribution < 1.29 is 9.18 Å². The molecule has 21 heavy (non-hydrogen) atoms. The van der Waals surface area contributed by atoms with E-state index in [1.165, 1.54) is 12.1 Å². The second-order valence-electron chi connectivity index (χ2n) is 4.65. The van der Waals surface area contributed by atoms with Gasteiger partial charge in [-0.1, -0.05) is 6.92 Å². The van der Waals surface area contributed by atoms with Gasteiger partial charge in [0.2, 0.25) is 0 Å². The molecule has 0 saturated carbocycles. The fraction of sp³-hybridized carbons (Fsp3) is 0.267.